The lowest BCUT2D eigenvalue weighted by molar-refractivity contribution is -0.131. The van der Waals surface area contributed by atoms with Crippen molar-refractivity contribution in [2.45, 2.75) is 19.1 Å². The summed E-state index contributed by atoms with van der Waals surface area (Å²) in [5, 5.41) is 6.84. The number of para-hydroxylation sites is 1. The number of nitrogens with one attached hydrogen (secondary N) is 1. The zero-order valence-corrected chi connectivity index (χ0v) is 12.7. The zero-order valence-electron chi connectivity index (χ0n) is 12.7. The van der Waals surface area contributed by atoms with Crippen LogP contribution in [0.4, 0.5) is 0 Å². The van der Waals surface area contributed by atoms with Gasteiger partial charge in [-0.3, -0.25) is 9.78 Å². The SMILES string of the molecule is COc1ccccc1C1=NO[C@@H](C(=O)NCc2ccccn2)C1. The molecule has 1 aliphatic rings. The first kappa shape index (κ1) is 15.0. The second-order valence-corrected chi connectivity index (χ2v) is 5.08. The van der Waals surface area contributed by atoms with Crippen LogP contribution < -0.4 is 10.1 Å². The third kappa shape index (κ3) is 3.48. The van der Waals surface area contributed by atoms with Crippen LogP contribution in [0.2, 0.25) is 0 Å². The van der Waals surface area contributed by atoms with Crippen LogP contribution in [0.25, 0.3) is 0 Å². The molecule has 0 saturated carbocycles. The van der Waals surface area contributed by atoms with Gasteiger partial charge >= 0.3 is 0 Å². The van der Waals surface area contributed by atoms with Crippen molar-refractivity contribution in [2.75, 3.05) is 7.11 Å². The molecule has 3 rings (SSSR count). The third-order valence-electron chi connectivity index (χ3n) is 3.55. The maximum Gasteiger partial charge on any atom is 0.264 e. The van der Waals surface area contributed by atoms with E-state index < -0.39 is 6.10 Å². The molecule has 0 unspecified atom stereocenters. The molecule has 2 heterocycles. The summed E-state index contributed by atoms with van der Waals surface area (Å²) in [7, 11) is 1.60. The standard InChI is InChI=1S/C17H17N3O3/c1-22-15-8-3-2-7-13(15)14-10-16(23-20-14)17(21)19-11-12-6-4-5-9-18-12/h2-9,16H,10-11H2,1H3,(H,19,21)/t16-/m1/s1. The Balaban J connectivity index is 1.59. The van der Waals surface area contributed by atoms with Gasteiger partial charge in [0.1, 0.15) is 5.75 Å². The highest BCUT2D eigenvalue weighted by Gasteiger charge is 2.29. The van der Waals surface area contributed by atoms with Gasteiger partial charge in [-0.05, 0) is 24.3 Å². The van der Waals surface area contributed by atoms with Crippen molar-refractivity contribution >= 4 is 11.6 Å². The van der Waals surface area contributed by atoms with Crippen LogP contribution in [0.3, 0.4) is 0 Å². The van der Waals surface area contributed by atoms with Crippen LogP contribution in [-0.4, -0.2) is 29.8 Å². The average Bonchev–Trinajstić information content (AvgIpc) is 3.10. The number of oxime groups is 1. The van der Waals surface area contributed by atoms with E-state index in [9.17, 15) is 4.79 Å². The number of rotatable bonds is 5. The van der Waals surface area contributed by atoms with Crippen molar-refractivity contribution in [3.05, 3.63) is 59.9 Å². The van der Waals surface area contributed by atoms with Gasteiger partial charge in [0.05, 0.1) is 25.1 Å². The number of carbonyl (C=O) groups is 1. The molecule has 1 aromatic heterocycles. The zero-order chi connectivity index (χ0) is 16.1. The van der Waals surface area contributed by atoms with Gasteiger partial charge in [-0.15, -0.1) is 0 Å². The average molecular weight is 311 g/mol. The maximum atomic E-state index is 12.2. The van der Waals surface area contributed by atoms with Gasteiger partial charge in [0.2, 0.25) is 6.10 Å². The Hall–Kier alpha value is -2.89. The Morgan fingerprint density at radius 1 is 1.30 bits per heavy atom. The Bertz CT molecular complexity index is 716. The fraction of sp³-hybridized carbons (Fsp3) is 0.235. The van der Waals surface area contributed by atoms with E-state index in [-0.39, 0.29) is 5.91 Å². The van der Waals surface area contributed by atoms with E-state index in [4.69, 9.17) is 9.57 Å². The lowest BCUT2D eigenvalue weighted by Crippen LogP contribution is -2.34. The number of amides is 1. The summed E-state index contributed by atoms with van der Waals surface area (Å²) < 4.78 is 5.31. The monoisotopic (exact) mass is 311 g/mol. The highest BCUT2D eigenvalue weighted by molar-refractivity contribution is 6.05. The highest BCUT2D eigenvalue weighted by Crippen LogP contribution is 2.24. The quantitative estimate of drug-likeness (QED) is 0.915. The number of ether oxygens (including phenoxy) is 1. The maximum absolute atomic E-state index is 12.2. The molecule has 0 aliphatic carbocycles. The Morgan fingerprint density at radius 3 is 2.91 bits per heavy atom. The highest BCUT2D eigenvalue weighted by atomic mass is 16.6. The van der Waals surface area contributed by atoms with E-state index >= 15 is 0 Å². The predicted octanol–water partition coefficient (Wildman–Crippen LogP) is 1.90. The smallest absolute Gasteiger partial charge is 0.264 e. The predicted molar refractivity (Wildman–Crippen MR) is 85.1 cm³/mol. The van der Waals surface area contributed by atoms with Crippen molar-refractivity contribution in [3.8, 4) is 5.75 Å². The van der Waals surface area contributed by atoms with Crippen molar-refractivity contribution in [3.63, 3.8) is 0 Å². The number of benzene rings is 1. The molecule has 6 heteroatoms. The Morgan fingerprint density at radius 2 is 2.13 bits per heavy atom. The molecule has 1 aromatic carbocycles. The molecule has 0 fully saturated rings. The molecule has 118 valence electrons. The summed E-state index contributed by atoms with van der Waals surface area (Å²) >= 11 is 0. The van der Waals surface area contributed by atoms with E-state index in [2.05, 4.69) is 15.5 Å². The largest absolute Gasteiger partial charge is 0.496 e. The van der Waals surface area contributed by atoms with Crippen LogP contribution in [0.5, 0.6) is 5.75 Å². The Labute approximate surface area is 134 Å². The van der Waals surface area contributed by atoms with Crippen molar-refractivity contribution in [2.24, 2.45) is 5.16 Å². The van der Waals surface area contributed by atoms with Gasteiger partial charge in [-0.2, -0.15) is 0 Å². The molecule has 1 atom stereocenters. The first-order valence-electron chi connectivity index (χ1n) is 7.31. The van der Waals surface area contributed by atoms with Crippen LogP contribution in [-0.2, 0) is 16.2 Å². The number of aromatic nitrogens is 1. The molecule has 1 amide bonds. The van der Waals surface area contributed by atoms with E-state index in [1.807, 2.05) is 42.5 Å². The van der Waals surface area contributed by atoms with E-state index in [1.165, 1.54) is 0 Å². The molecule has 0 spiro atoms. The Kier molecular flexibility index (Phi) is 4.52. The molecule has 1 aliphatic heterocycles. The minimum Gasteiger partial charge on any atom is -0.496 e. The van der Waals surface area contributed by atoms with E-state index in [0.29, 0.717) is 24.4 Å². The van der Waals surface area contributed by atoms with Crippen molar-refractivity contribution in [1.29, 1.82) is 0 Å². The number of methoxy groups -OCH3 is 1. The molecule has 0 bridgehead atoms. The fourth-order valence-corrected chi connectivity index (χ4v) is 2.35. The minimum absolute atomic E-state index is 0.204. The first-order valence-corrected chi connectivity index (χ1v) is 7.31. The molecule has 0 saturated heterocycles. The first-order chi connectivity index (χ1) is 11.3. The summed E-state index contributed by atoms with van der Waals surface area (Å²) in [6, 6.07) is 13.1. The number of pyridine rings is 1. The van der Waals surface area contributed by atoms with Gasteiger partial charge in [-0.1, -0.05) is 23.4 Å². The molecule has 23 heavy (non-hydrogen) atoms. The van der Waals surface area contributed by atoms with Crippen LogP contribution in [0, 0.1) is 0 Å². The number of nitrogens with zero attached hydrogens (tertiary/aromatic N) is 2. The van der Waals surface area contributed by atoms with Gasteiger partial charge in [-0.25, -0.2) is 0 Å². The third-order valence-corrected chi connectivity index (χ3v) is 3.55. The normalized spacial score (nSPS) is 16.4. The van der Waals surface area contributed by atoms with Gasteiger partial charge in [0.25, 0.3) is 5.91 Å². The van der Waals surface area contributed by atoms with E-state index in [1.54, 1.807) is 13.3 Å². The van der Waals surface area contributed by atoms with E-state index in [0.717, 1.165) is 11.3 Å². The van der Waals surface area contributed by atoms with Crippen molar-refractivity contribution < 1.29 is 14.4 Å². The molecular formula is C17H17N3O3. The van der Waals surface area contributed by atoms with Gasteiger partial charge < -0.3 is 14.9 Å². The summed E-state index contributed by atoms with van der Waals surface area (Å²) in [6.45, 7) is 0.365. The van der Waals surface area contributed by atoms with Crippen molar-refractivity contribution in [1.82, 2.24) is 10.3 Å². The summed E-state index contributed by atoms with van der Waals surface area (Å²) in [5.41, 5.74) is 2.35. The number of hydrogen-bond acceptors (Lipinski definition) is 5. The lowest BCUT2D eigenvalue weighted by atomic mass is 10.0. The molecule has 2 aromatic rings. The minimum atomic E-state index is -0.626. The summed E-state index contributed by atoms with van der Waals surface area (Å²) in [5.74, 6) is 0.508. The molecule has 0 radical (unpaired) electrons. The molecule has 6 nitrogen and oxygen atoms in total. The lowest BCUT2D eigenvalue weighted by Gasteiger charge is -2.09. The second-order valence-electron chi connectivity index (χ2n) is 5.08. The summed E-state index contributed by atoms with van der Waals surface area (Å²) in [6.07, 6.45) is 1.48. The second kappa shape index (κ2) is 6.91. The number of carbonyl (C=O) groups excluding carboxylic acids is 1. The molecular weight excluding hydrogens is 294 g/mol. The number of hydrogen-bond donors (Lipinski definition) is 1. The molecule has 1 N–H and O–H groups in total. The summed E-state index contributed by atoms with van der Waals surface area (Å²) in [4.78, 5) is 21.6. The van der Waals surface area contributed by atoms with Gasteiger partial charge in [0.15, 0.2) is 0 Å². The fourth-order valence-electron chi connectivity index (χ4n) is 2.35. The topological polar surface area (TPSA) is 72.8 Å². The van der Waals surface area contributed by atoms with Gasteiger partial charge in [0, 0.05) is 18.2 Å². The van der Waals surface area contributed by atoms with Crippen LogP contribution in [0.1, 0.15) is 17.7 Å². The van der Waals surface area contributed by atoms with Crippen LogP contribution >= 0.6 is 0 Å². The van der Waals surface area contributed by atoms with Crippen LogP contribution in [0.15, 0.2) is 53.8 Å².